The number of hydrogen-bond donors (Lipinski definition) is 1. The van der Waals surface area contributed by atoms with Crippen LogP contribution < -0.4 is 5.56 Å². The zero-order chi connectivity index (χ0) is 14.4. The van der Waals surface area contributed by atoms with Crippen molar-refractivity contribution in [2.45, 2.75) is 39.0 Å². The van der Waals surface area contributed by atoms with Gasteiger partial charge in [0, 0.05) is 23.9 Å². The molecular weight excluding hydrogens is 254 g/mol. The van der Waals surface area contributed by atoms with Crippen LogP contribution in [0.1, 0.15) is 42.0 Å². The van der Waals surface area contributed by atoms with Crippen molar-refractivity contribution in [2.75, 3.05) is 0 Å². The van der Waals surface area contributed by atoms with Crippen molar-refractivity contribution >= 4 is 11.4 Å². The maximum atomic E-state index is 12.6. The molecule has 1 fully saturated rings. The zero-order valence-electron chi connectivity index (χ0n) is 11.7. The molecule has 1 N–H and O–H groups in total. The Morgan fingerprint density at radius 2 is 2.15 bits per heavy atom. The molecule has 3 rings (SSSR count). The van der Waals surface area contributed by atoms with E-state index in [9.17, 15) is 9.59 Å². The molecule has 0 amide bonds. The van der Waals surface area contributed by atoms with Gasteiger partial charge in [0.25, 0.3) is 5.56 Å². The maximum Gasteiger partial charge on any atom is 0.276 e. The minimum Gasteiger partial charge on any atom is -0.299 e. The summed E-state index contributed by atoms with van der Waals surface area (Å²) in [7, 11) is 0. The highest BCUT2D eigenvalue weighted by atomic mass is 16.1. The van der Waals surface area contributed by atoms with Crippen molar-refractivity contribution in [3.05, 3.63) is 45.5 Å². The molecule has 1 aliphatic rings. The van der Waals surface area contributed by atoms with Crippen LogP contribution in [0.5, 0.6) is 0 Å². The van der Waals surface area contributed by atoms with Crippen molar-refractivity contribution in [1.82, 2.24) is 14.6 Å². The Kier molecular flexibility index (Phi) is 2.85. The molecule has 2 heterocycles. The molecular formula is C15H17N3O2. The lowest BCUT2D eigenvalue weighted by atomic mass is 9.81. The summed E-state index contributed by atoms with van der Waals surface area (Å²) in [6, 6.07) is 0. The first-order chi connectivity index (χ1) is 9.49. The number of carbonyl (C=O) groups excluding carboxylic acids is 1. The first-order valence-electron chi connectivity index (χ1n) is 6.75. The van der Waals surface area contributed by atoms with Crippen molar-refractivity contribution < 1.29 is 4.79 Å². The lowest BCUT2D eigenvalue weighted by Gasteiger charge is -2.22. The van der Waals surface area contributed by atoms with Crippen molar-refractivity contribution in [3.63, 3.8) is 0 Å². The summed E-state index contributed by atoms with van der Waals surface area (Å²) in [6.45, 7) is 7.57. The highest BCUT2D eigenvalue weighted by Gasteiger charge is 2.30. The summed E-state index contributed by atoms with van der Waals surface area (Å²) in [5.41, 5.74) is 3.52. The van der Waals surface area contributed by atoms with Gasteiger partial charge in [-0.1, -0.05) is 12.2 Å². The van der Waals surface area contributed by atoms with E-state index in [4.69, 9.17) is 0 Å². The Hall–Kier alpha value is -2.17. The van der Waals surface area contributed by atoms with E-state index in [1.165, 1.54) is 4.52 Å². The molecule has 5 nitrogen and oxygen atoms in total. The van der Waals surface area contributed by atoms with Gasteiger partial charge in [-0.2, -0.15) is 0 Å². The predicted octanol–water partition coefficient (Wildman–Crippen LogP) is 2.03. The van der Waals surface area contributed by atoms with Crippen molar-refractivity contribution in [2.24, 2.45) is 0 Å². The van der Waals surface area contributed by atoms with E-state index in [1.807, 2.05) is 6.92 Å². The van der Waals surface area contributed by atoms with Gasteiger partial charge in [-0.15, -0.1) is 0 Å². The number of Topliss-reactive ketones (excluding diaryl/α,β-unsaturated/α-hetero) is 1. The third-order valence-electron chi connectivity index (χ3n) is 4.02. The van der Waals surface area contributed by atoms with E-state index in [-0.39, 0.29) is 17.3 Å². The van der Waals surface area contributed by atoms with E-state index in [2.05, 4.69) is 16.7 Å². The highest BCUT2D eigenvalue weighted by Crippen LogP contribution is 2.31. The van der Waals surface area contributed by atoms with Gasteiger partial charge in [0.05, 0.1) is 11.5 Å². The monoisotopic (exact) mass is 271 g/mol. The molecule has 1 saturated carbocycles. The van der Waals surface area contributed by atoms with Crippen LogP contribution in [0.2, 0.25) is 0 Å². The van der Waals surface area contributed by atoms with Gasteiger partial charge in [-0.25, -0.2) is 9.50 Å². The molecule has 0 saturated heterocycles. The average molecular weight is 271 g/mol. The second kappa shape index (κ2) is 4.44. The minimum absolute atomic E-state index is 0.0754. The fourth-order valence-corrected chi connectivity index (χ4v) is 2.92. The number of aryl methyl sites for hydroxylation is 2. The number of aromatic amines is 1. The molecule has 0 bridgehead atoms. The van der Waals surface area contributed by atoms with Crippen molar-refractivity contribution in [3.8, 4) is 0 Å². The number of carbonyl (C=O) groups is 1. The first kappa shape index (κ1) is 12.8. The second-order valence-electron chi connectivity index (χ2n) is 5.52. The minimum atomic E-state index is -0.346. The Balaban J connectivity index is 2.19. The summed E-state index contributed by atoms with van der Waals surface area (Å²) in [5, 5.41) is 2.90. The topological polar surface area (TPSA) is 67.2 Å². The molecule has 1 aliphatic carbocycles. The van der Waals surface area contributed by atoms with E-state index >= 15 is 0 Å². The summed E-state index contributed by atoms with van der Waals surface area (Å²) in [5.74, 6) is -0.271. The maximum absolute atomic E-state index is 12.6. The Bertz CT molecular complexity index is 782. The van der Waals surface area contributed by atoms with Gasteiger partial charge in [0.1, 0.15) is 5.78 Å². The van der Waals surface area contributed by atoms with Crippen LogP contribution in [0.25, 0.3) is 5.65 Å². The van der Waals surface area contributed by atoms with Crippen LogP contribution in [0.3, 0.4) is 0 Å². The normalized spacial score (nSPS) is 19.8. The zero-order valence-corrected chi connectivity index (χ0v) is 11.7. The van der Waals surface area contributed by atoms with Gasteiger partial charge in [-0.05, 0) is 26.7 Å². The van der Waals surface area contributed by atoms with E-state index in [0.717, 1.165) is 17.6 Å². The predicted molar refractivity (Wildman–Crippen MR) is 76.0 cm³/mol. The number of ketones is 1. The standard InChI is InChI=1S/C15H17N3O2/c1-8-4-5-11(12(19)6-8)13-10(3)17-14-9(2)7-16-18(14)15(13)20/h7,11,16H,1,4-6H2,2-3H3. The van der Waals surface area contributed by atoms with Gasteiger partial charge < -0.3 is 0 Å². The molecule has 0 aromatic carbocycles. The molecule has 0 aliphatic heterocycles. The molecule has 5 heteroatoms. The van der Waals surface area contributed by atoms with Gasteiger partial charge in [0.2, 0.25) is 0 Å². The number of rotatable bonds is 1. The molecule has 104 valence electrons. The molecule has 2 aromatic rings. The first-order valence-corrected chi connectivity index (χ1v) is 6.75. The highest BCUT2D eigenvalue weighted by molar-refractivity contribution is 5.88. The fraction of sp³-hybridized carbons (Fsp3) is 0.400. The molecule has 1 atom stereocenters. The number of hydrogen-bond acceptors (Lipinski definition) is 3. The Morgan fingerprint density at radius 3 is 2.85 bits per heavy atom. The SMILES string of the molecule is C=C1CCC(c2c(C)nc3c(C)c[nH]n3c2=O)C(=O)C1. The molecule has 0 spiro atoms. The fourth-order valence-electron chi connectivity index (χ4n) is 2.92. The number of H-pyrrole nitrogens is 1. The van der Waals surface area contributed by atoms with E-state index in [0.29, 0.717) is 29.7 Å². The second-order valence-corrected chi connectivity index (χ2v) is 5.52. The lowest BCUT2D eigenvalue weighted by molar-refractivity contribution is -0.120. The Morgan fingerprint density at radius 1 is 1.40 bits per heavy atom. The average Bonchev–Trinajstić information content (AvgIpc) is 2.74. The van der Waals surface area contributed by atoms with Crippen molar-refractivity contribution in [1.29, 1.82) is 0 Å². The van der Waals surface area contributed by atoms with Crippen LogP contribution in [0.4, 0.5) is 0 Å². The molecule has 1 unspecified atom stereocenters. The van der Waals surface area contributed by atoms with Crippen LogP contribution in [0, 0.1) is 13.8 Å². The summed E-state index contributed by atoms with van der Waals surface area (Å²) in [4.78, 5) is 29.3. The number of aromatic nitrogens is 3. The quantitative estimate of drug-likeness (QED) is 0.807. The molecule has 20 heavy (non-hydrogen) atoms. The van der Waals surface area contributed by atoms with E-state index in [1.54, 1.807) is 13.1 Å². The number of nitrogens with zero attached hydrogens (tertiary/aromatic N) is 2. The Labute approximate surface area is 116 Å². The van der Waals surface area contributed by atoms with Crippen LogP contribution in [-0.2, 0) is 4.79 Å². The molecule has 0 radical (unpaired) electrons. The summed E-state index contributed by atoms with van der Waals surface area (Å²) in [6.07, 6.45) is 3.57. The summed E-state index contributed by atoms with van der Waals surface area (Å²) >= 11 is 0. The van der Waals surface area contributed by atoms with Crippen LogP contribution in [-0.4, -0.2) is 20.4 Å². The number of allylic oxidation sites excluding steroid dienone is 1. The summed E-state index contributed by atoms with van der Waals surface area (Å²) < 4.78 is 1.42. The van der Waals surface area contributed by atoms with Gasteiger partial charge in [-0.3, -0.25) is 14.7 Å². The number of fused-ring (bicyclic) bond motifs is 1. The van der Waals surface area contributed by atoms with Gasteiger partial charge in [0.15, 0.2) is 5.65 Å². The van der Waals surface area contributed by atoms with Gasteiger partial charge >= 0.3 is 0 Å². The van der Waals surface area contributed by atoms with E-state index < -0.39 is 0 Å². The lowest BCUT2D eigenvalue weighted by Crippen LogP contribution is -2.29. The van der Waals surface area contributed by atoms with Crippen LogP contribution >= 0.6 is 0 Å². The third-order valence-corrected chi connectivity index (χ3v) is 4.02. The van der Waals surface area contributed by atoms with Crippen LogP contribution in [0.15, 0.2) is 23.1 Å². The largest absolute Gasteiger partial charge is 0.299 e. The third kappa shape index (κ3) is 1.81. The molecule has 2 aromatic heterocycles. The smallest absolute Gasteiger partial charge is 0.276 e. The number of nitrogens with one attached hydrogen (secondary N) is 1.